The summed E-state index contributed by atoms with van der Waals surface area (Å²) >= 11 is 1.50. The molecule has 1 heterocycles. The van der Waals surface area contributed by atoms with Gasteiger partial charge >= 0.3 is 0 Å². The van der Waals surface area contributed by atoms with E-state index in [1.54, 1.807) is 24.3 Å². The first kappa shape index (κ1) is 13.1. The number of rotatable bonds is 1. The fourth-order valence-corrected chi connectivity index (χ4v) is 3.06. The second-order valence-electron chi connectivity index (χ2n) is 4.48. The molecule has 0 saturated heterocycles. The van der Waals surface area contributed by atoms with Gasteiger partial charge in [0, 0.05) is 21.8 Å². The number of hydrogen-bond donors (Lipinski definition) is 0. The molecule has 1 aliphatic rings. The molecule has 3 rings (SSSR count). The zero-order chi connectivity index (χ0) is 14.1. The summed E-state index contributed by atoms with van der Waals surface area (Å²) in [4.78, 5) is 13.1. The summed E-state index contributed by atoms with van der Waals surface area (Å²) < 4.78 is 26.1. The van der Waals surface area contributed by atoms with Crippen molar-refractivity contribution in [2.75, 3.05) is 5.75 Å². The van der Waals surface area contributed by atoms with Crippen LogP contribution in [-0.4, -0.2) is 11.5 Å². The zero-order valence-corrected chi connectivity index (χ0v) is 11.2. The summed E-state index contributed by atoms with van der Waals surface area (Å²) in [5.74, 6) is -0.360. The molecular formula is C16H10F2OS. The Hall–Kier alpha value is -1.94. The van der Waals surface area contributed by atoms with Crippen LogP contribution in [0.1, 0.15) is 15.9 Å². The average Bonchev–Trinajstić information content (AvgIpc) is 2.45. The highest BCUT2D eigenvalue weighted by Gasteiger charge is 2.22. The maximum Gasteiger partial charge on any atom is 0.191 e. The smallest absolute Gasteiger partial charge is 0.191 e. The van der Waals surface area contributed by atoms with E-state index in [1.165, 1.54) is 36.0 Å². The number of fused-ring (bicyclic) bond motifs is 1. The summed E-state index contributed by atoms with van der Waals surface area (Å²) in [7, 11) is 0. The summed E-state index contributed by atoms with van der Waals surface area (Å²) in [6, 6.07) is 10.2. The quantitative estimate of drug-likeness (QED) is 0.726. The number of halogens is 2. The minimum Gasteiger partial charge on any atom is -0.289 e. The summed E-state index contributed by atoms with van der Waals surface area (Å²) in [5, 5.41) is 0. The number of carbonyl (C=O) groups excluding carboxylic acids is 1. The van der Waals surface area contributed by atoms with Gasteiger partial charge in [-0.25, -0.2) is 8.78 Å². The van der Waals surface area contributed by atoms with Crippen LogP contribution in [0, 0.1) is 11.6 Å². The minimum atomic E-state index is -0.416. The van der Waals surface area contributed by atoms with Crippen LogP contribution in [0.15, 0.2) is 52.9 Å². The van der Waals surface area contributed by atoms with E-state index in [2.05, 4.69) is 0 Å². The molecule has 4 heteroatoms. The highest BCUT2D eigenvalue weighted by molar-refractivity contribution is 7.99. The lowest BCUT2D eigenvalue weighted by atomic mass is 10.0. The Bertz CT molecular complexity index is 705. The molecule has 1 aliphatic heterocycles. The van der Waals surface area contributed by atoms with E-state index in [4.69, 9.17) is 0 Å². The van der Waals surface area contributed by atoms with Crippen molar-refractivity contribution in [2.24, 2.45) is 0 Å². The van der Waals surface area contributed by atoms with Crippen LogP contribution in [0.2, 0.25) is 0 Å². The van der Waals surface area contributed by atoms with Crippen LogP contribution in [0.4, 0.5) is 8.78 Å². The number of ketones is 1. The Balaban J connectivity index is 1.97. The van der Waals surface area contributed by atoms with Gasteiger partial charge in [-0.15, -0.1) is 11.8 Å². The molecule has 0 saturated carbocycles. The van der Waals surface area contributed by atoms with Gasteiger partial charge in [0.1, 0.15) is 11.6 Å². The van der Waals surface area contributed by atoms with Crippen LogP contribution in [-0.2, 0) is 0 Å². The third-order valence-corrected chi connectivity index (χ3v) is 4.19. The van der Waals surface area contributed by atoms with Gasteiger partial charge in [0.2, 0.25) is 0 Å². The van der Waals surface area contributed by atoms with Crippen molar-refractivity contribution in [3.8, 4) is 0 Å². The predicted octanol–water partition coefficient (Wildman–Crippen LogP) is 4.34. The summed E-state index contributed by atoms with van der Waals surface area (Å²) in [6.45, 7) is 0. The van der Waals surface area contributed by atoms with Gasteiger partial charge in [0.25, 0.3) is 0 Å². The first-order valence-electron chi connectivity index (χ1n) is 6.07. The van der Waals surface area contributed by atoms with E-state index in [0.29, 0.717) is 16.9 Å². The lowest BCUT2D eigenvalue weighted by Crippen LogP contribution is -2.12. The normalized spacial score (nSPS) is 16.3. The lowest BCUT2D eigenvalue weighted by molar-refractivity contribution is 0.103. The van der Waals surface area contributed by atoms with Crippen molar-refractivity contribution < 1.29 is 13.6 Å². The molecule has 2 aromatic rings. The van der Waals surface area contributed by atoms with Gasteiger partial charge in [-0.3, -0.25) is 4.79 Å². The second kappa shape index (κ2) is 5.21. The fraction of sp³-hybridized carbons (Fsp3) is 0.0625. The summed E-state index contributed by atoms with van der Waals surface area (Å²) in [6.07, 6.45) is 1.72. The molecule has 0 spiro atoms. The van der Waals surface area contributed by atoms with Crippen molar-refractivity contribution >= 4 is 23.6 Å². The first-order chi connectivity index (χ1) is 9.63. The molecule has 2 aromatic carbocycles. The van der Waals surface area contributed by atoms with Gasteiger partial charge in [-0.1, -0.05) is 12.1 Å². The van der Waals surface area contributed by atoms with E-state index < -0.39 is 5.82 Å². The molecule has 0 unspecified atom stereocenters. The monoisotopic (exact) mass is 288 g/mol. The molecule has 0 radical (unpaired) electrons. The number of benzene rings is 2. The number of Topliss-reactive ketones (excluding diaryl/α,β-unsaturated/α-hetero) is 1. The maximum atomic E-state index is 13.2. The predicted molar refractivity (Wildman–Crippen MR) is 75.8 cm³/mol. The van der Waals surface area contributed by atoms with Gasteiger partial charge in [-0.2, -0.15) is 0 Å². The number of carbonyl (C=O) groups is 1. The molecule has 100 valence electrons. The van der Waals surface area contributed by atoms with E-state index >= 15 is 0 Å². The van der Waals surface area contributed by atoms with Crippen LogP contribution in [0.25, 0.3) is 6.08 Å². The Morgan fingerprint density at radius 3 is 2.45 bits per heavy atom. The molecule has 0 aromatic heterocycles. The summed E-state index contributed by atoms with van der Waals surface area (Å²) in [5.41, 5.74) is 1.75. The molecule has 20 heavy (non-hydrogen) atoms. The lowest BCUT2D eigenvalue weighted by Gasteiger charge is -2.16. The van der Waals surface area contributed by atoms with Crippen molar-refractivity contribution in [3.63, 3.8) is 0 Å². The van der Waals surface area contributed by atoms with E-state index in [1.807, 2.05) is 0 Å². The average molecular weight is 288 g/mol. The highest BCUT2D eigenvalue weighted by Crippen LogP contribution is 2.33. The Labute approximate surface area is 119 Å². The molecule has 0 N–H and O–H groups in total. The van der Waals surface area contributed by atoms with Gasteiger partial charge in [0.15, 0.2) is 5.78 Å². The van der Waals surface area contributed by atoms with Crippen LogP contribution in [0.5, 0.6) is 0 Å². The zero-order valence-electron chi connectivity index (χ0n) is 10.4. The molecule has 0 fully saturated rings. The van der Waals surface area contributed by atoms with Crippen molar-refractivity contribution in [3.05, 3.63) is 70.8 Å². The van der Waals surface area contributed by atoms with Crippen molar-refractivity contribution in [1.29, 1.82) is 0 Å². The second-order valence-corrected chi connectivity index (χ2v) is 5.50. The third kappa shape index (κ3) is 2.51. The molecule has 0 atom stereocenters. The fourth-order valence-electron chi connectivity index (χ4n) is 2.07. The molecule has 0 bridgehead atoms. The Kier molecular flexibility index (Phi) is 3.40. The number of thioether (sulfide) groups is 1. The molecule has 0 aliphatic carbocycles. The van der Waals surface area contributed by atoms with E-state index in [9.17, 15) is 13.6 Å². The van der Waals surface area contributed by atoms with E-state index in [-0.39, 0.29) is 11.6 Å². The number of hydrogen-bond acceptors (Lipinski definition) is 2. The van der Waals surface area contributed by atoms with Crippen LogP contribution in [0.3, 0.4) is 0 Å². The van der Waals surface area contributed by atoms with Crippen molar-refractivity contribution in [2.45, 2.75) is 4.90 Å². The SMILES string of the molecule is O=C1/C(=C/c2ccc(F)cc2)CSc2ccc(F)cc21. The van der Waals surface area contributed by atoms with E-state index in [0.717, 1.165) is 10.5 Å². The maximum absolute atomic E-state index is 13.2. The van der Waals surface area contributed by atoms with Gasteiger partial charge in [-0.05, 0) is 42.0 Å². The Morgan fingerprint density at radius 2 is 1.70 bits per heavy atom. The van der Waals surface area contributed by atoms with Crippen LogP contribution >= 0.6 is 11.8 Å². The van der Waals surface area contributed by atoms with Gasteiger partial charge < -0.3 is 0 Å². The largest absolute Gasteiger partial charge is 0.289 e. The minimum absolute atomic E-state index is 0.164. The Morgan fingerprint density at radius 1 is 1.00 bits per heavy atom. The van der Waals surface area contributed by atoms with Crippen LogP contribution < -0.4 is 0 Å². The highest BCUT2D eigenvalue weighted by atomic mass is 32.2. The van der Waals surface area contributed by atoms with Gasteiger partial charge in [0.05, 0.1) is 0 Å². The third-order valence-electron chi connectivity index (χ3n) is 3.07. The molecule has 1 nitrogen and oxygen atoms in total. The molecular weight excluding hydrogens is 278 g/mol. The topological polar surface area (TPSA) is 17.1 Å². The first-order valence-corrected chi connectivity index (χ1v) is 7.05. The molecule has 0 amide bonds. The standard InChI is InChI=1S/C16H10F2OS/c17-12-3-1-10(2-4-12)7-11-9-20-15-6-5-13(18)8-14(15)16(11)19/h1-8H,9H2/b11-7+. The van der Waals surface area contributed by atoms with Crippen molar-refractivity contribution in [1.82, 2.24) is 0 Å².